The molecule has 1 saturated heterocycles. The maximum absolute atomic E-state index is 12.5. The van der Waals surface area contributed by atoms with Crippen molar-refractivity contribution >= 4 is 11.7 Å². The highest BCUT2D eigenvalue weighted by atomic mass is 16.1. The maximum Gasteiger partial charge on any atom is 0.225 e. The van der Waals surface area contributed by atoms with Gasteiger partial charge in [-0.05, 0) is 68.7 Å². The zero-order valence-electron chi connectivity index (χ0n) is 15.3. The Morgan fingerprint density at radius 2 is 2.04 bits per heavy atom. The number of fused-ring (bicyclic) bond motifs is 1. The third kappa shape index (κ3) is 3.83. The van der Waals surface area contributed by atoms with Crippen molar-refractivity contribution in [1.82, 2.24) is 15.1 Å². The summed E-state index contributed by atoms with van der Waals surface area (Å²) in [5.41, 5.74) is 2.75. The van der Waals surface area contributed by atoms with Gasteiger partial charge in [-0.1, -0.05) is 24.3 Å². The molecule has 0 saturated carbocycles. The molecule has 1 aliphatic carbocycles. The first-order chi connectivity index (χ1) is 12.8. The third-order valence-electron chi connectivity index (χ3n) is 5.81. The summed E-state index contributed by atoms with van der Waals surface area (Å²) in [6, 6.07) is 10.7. The van der Waals surface area contributed by atoms with Gasteiger partial charge in [-0.3, -0.25) is 4.79 Å². The number of benzene rings is 1. The summed E-state index contributed by atoms with van der Waals surface area (Å²) < 4.78 is 2.00. The van der Waals surface area contributed by atoms with Gasteiger partial charge in [-0.25, -0.2) is 4.68 Å². The Bertz CT molecular complexity index is 748. The molecule has 1 unspecified atom stereocenters. The molecule has 2 heterocycles. The van der Waals surface area contributed by atoms with Crippen molar-refractivity contribution in [3.8, 4) is 0 Å². The Balaban J connectivity index is 1.42. The molecule has 0 radical (unpaired) electrons. The minimum Gasteiger partial charge on any atom is -0.317 e. The fourth-order valence-electron chi connectivity index (χ4n) is 4.35. The highest BCUT2D eigenvalue weighted by Crippen LogP contribution is 2.34. The molecule has 1 fully saturated rings. The molecule has 5 heteroatoms. The molecule has 4 rings (SSSR count). The quantitative estimate of drug-likeness (QED) is 0.865. The van der Waals surface area contributed by atoms with Crippen LogP contribution in [0.2, 0.25) is 0 Å². The van der Waals surface area contributed by atoms with Crippen molar-refractivity contribution in [3.05, 3.63) is 47.7 Å². The molecule has 5 nitrogen and oxygen atoms in total. The van der Waals surface area contributed by atoms with Gasteiger partial charge < -0.3 is 10.6 Å². The van der Waals surface area contributed by atoms with E-state index in [0.717, 1.165) is 44.6 Å². The molecule has 1 aliphatic heterocycles. The van der Waals surface area contributed by atoms with E-state index in [4.69, 9.17) is 0 Å². The number of carbonyl (C=O) groups excluding carboxylic acids is 1. The Morgan fingerprint density at radius 3 is 2.92 bits per heavy atom. The predicted molar refractivity (Wildman–Crippen MR) is 103 cm³/mol. The molecule has 2 aliphatic rings. The third-order valence-corrected chi connectivity index (χ3v) is 5.81. The Hall–Kier alpha value is -2.14. The second kappa shape index (κ2) is 8.04. The van der Waals surface area contributed by atoms with Gasteiger partial charge >= 0.3 is 0 Å². The Morgan fingerprint density at radius 1 is 1.19 bits per heavy atom. The molecule has 0 bridgehead atoms. The van der Waals surface area contributed by atoms with Crippen molar-refractivity contribution in [3.63, 3.8) is 0 Å². The summed E-state index contributed by atoms with van der Waals surface area (Å²) in [6.07, 6.45) is 9.09. The van der Waals surface area contributed by atoms with E-state index in [0.29, 0.717) is 12.3 Å². The number of aromatic nitrogens is 2. The van der Waals surface area contributed by atoms with E-state index in [1.54, 1.807) is 6.20 Å². The summed E-state index contributed by atoms with van der Waals surface area (Å²) in [7, 11) is 0. The average molecular weight is 352 g/mol. The number of amides is 1. The van der Waals surface area contributed by atoms with Gasteiger partial charge in [-0.2, -0.15) is 5.10 Å². The van der Waals surface area contributed by atoms with Crippen molar-refractivity contribution in [2.45, 2.75) is 51.0 Å². The minimum atomic E-state index is 0.106. The smallest absolute Gasteiger partial charge is 0.225 e. The molecule has 1 atom stereocenters. The van der Waals surface area contributed by atoms with E-state index >= 15 is 0 Å². The zero-order chi connectivity index (χ0) is 17.8. The van der Waals surface area contributed by atoms with Crippen molar-refractivity contribution in [2.24, 2.45) is 5.92 Å². The minimum absolute atomic E-state index is 0.106. The zero-order valence-corrected chi connectivity index (χ0v) is 15.3. The predicted octanol–water partition coefficient (Wildman–Crippen LogP) is 3.53. The number of anilines is 1. The number of carbonyl (C=O) groups is 1. The molecule has 1 amide bonds. The molecule has 26 heavy (non-hydrogen) atoms. The SMILES string of the molecule is O=C(CCC1CCNCC1)Nc1ccnn1C1CCCc2ccccc21. The van der Waals surface area contributed by atoms with Crippen LogP contribution in [0.5, 0.6) is 0 Å². The summed E-state index contributed by atoms with van der Waals surface area (Å²) in [4.78, 5) is 12.5. The lowest BCUT2D eigenvalue weighted by molar-refractivity contribution is -0.116. The van der Waals surface area contributed by atoms with Gasteiger partial charge in [0, 0.05) is 12.5 Å². The van der Waals surface area contributed by atoms with E-state index in [2.05, 4.69) is 40.0 Å². The van der Waals surface area contributed by atoms with Crippen LogP contribution in [0.3, 0.4) is 0 Å². The van der Waals surface area contributed by atoms with Crippen LogP contribution < -0.4 is 10.6 Å². The van der Waals surface area contributed by atoms with Crippen molar-refractivity contribution < 1.29 is 4.79 Å². The van der Waals surface area contributed by atoms with Crippen LogP contribution in [-0.2, 0) is 11.2 Å². The van der Waals surface area contributed by atoms with Crippen LogP contribution in [0.15, 0.2) is 36.5 Å². The Labute approximate surface area is 155 Å². The van der Waals surface area contributed by atoms with Crippen LogP contribution in [0.4, 0.5) is 5.82 Å². The van der Waals surface area contributed by atoms with Gasteiger partial charge in [0.15, 0.2) is 0 Å². The van der Waals surface area contributed by atoms with Crippen LogP contribution in [-0.4, -0.2) is 28.8 Å². The number of rotatable bonds is 5. The standard InChI is InChI=1S/C21H28N4O/c26-21(9-8-16-10-13-22-14-11-16)24-20-12-15-23-25(20)19-7-3-5-17-4-1-2-6-18(17)19/h1-2,4,6,12,15-16,19,22H,3,5,7-11,13-14H2,(H,24,26). The molecular weight excluding hydrogens is 324 g/mol. The van der Waals surface area contributed by atoms with E-state index in [1.165, 1.54) is 24.0 Å². The fourth-order valence-corrected chi connectivity index (χ4v) is 4.35. The van der Waals surface area contributed by atoms with Gasteiger partial charge in [0.1, 0.15) is 5.82 Å². The van der Waals surface area contributed by atoms with Gasteiger partial charge in [0.05, 0.1) is 12.2 Å². The fraction of sp³-hybridized carbons (Fsp3) is 0.524. The van der Waals surface area contributed by atoms with E-state index in [1.807, 2.05) is 10.7 Å². The van der Waals surface area contributed by atoms with Crippen molar-refractivity contribution in [1.29, 1.82) is 0 Å². The first kappa shape index (κ1) is 17.3. The topological polar surface area (TPSA) is 59.0 Å². The lowest BCUT2D eigenvalue weighted by Gasteiger charge is -2.27. The summed E-state index contributed by atoms with van der Waals surface area (Å²) >= 11 is 0. The monoisotopic (exact) mass is 352 g/mol. The summed E-state index contributed by atoms with van der Waals surface area (Å²) in [5, 5.41) is 11.0. The number of piperidine rings is 1. The largest absolute Gasteiger partial charge is 0.317 e. The number of nitrogens with zero attached hydrogens (tertiary/aromatic N) is 2. The first-order valence-corrected chi connectivity index (χ1v) is 9.93. The molecule has 1 aromatic heterocycles. The molecule has 0 spiro atoms. The Kier molecular flexibility index (Phi) is 5.34. The second-order valence-electron chi connectivity index (χ2n) is 7.55. The van der Waals surface area contributed by atoms with Gasteiger partial charge in [-0.15, -0.1) is 0 Å². The normalized spacial score (nSPS) is 20.5. The van der Waals surface area contributed by atoms with E-state index in [-0.39, 0.29) is 11.9 Å². The van der Waals surface area contributed by atoms with Crippen LogP contribution in [0.25, 0.3) is 0 Å². The number of nitrogens with one attached hydrogen (secondary N) is 2. The number of aryl methyl sites for hydroxylation is 1. The molecule has 2 N–H and O–H groups in total. The van der Waals surface area contributed by atoms with Crippen LogP contribution in [0.1, 0.15) is 55.7 Å². The first-order valence-electron chi connectivity index (χ1n) is 9.93. The average Bonchev–Trinajstić information content (AvgIpc) is 3.14. The van der Waals surface area contributed by atoms with Crippen LogP contribution in [0, 0.1) is 5.92 Å². The van der Waals surface area contributed by atoms with Gasteiger partial charge in [0.2, 0.25) is 5.91 Å². The van der Waals surface area contributed by atoms with E-state index < -0.39 is 0 Å². The second-order valence-corrected chi connectivity index (χ2v) is 7.55. The van der Waals surface area contributed by atoms with Crippen LogP contribution >= 0.6 is 0 Å². The highest BCUT2D eigenvalue weighted by molar-refractivity contribution is 5.89. The van der Waals surface area contributed by atoms with Gasteiger partial charge in [0.25, 0.3) is 0 Å². The number of hydrogen-bond donors (Lipinski definition) is 2. The summed E-state index contributed by atoms with van der Waals surface area (Å²) in [5.74, 6) is 1.61. The lowest BCUT2D eigenvalue weighted by atomic mass is 9.88. The lowest BCUT2D eigenvalue weighted by Crippen LogP contribution is -2.28. The number of hydrogen-bond acceptors (Lipinski definition) is 3. The molecule has 138 valence electrons. The molecule has 2 aromatic rings. The van der Waals surface area contributed by atoms with E-state index in [9.17, 15) is 4.79 Å². The van der Waals surface area contributed by atoms with Crippen molar-refractivity contribution in [2.75, 3.05) is 18.4 Å². The summed E-state index contributed by atoms with van der Waals surface area (Å²) in [6.45, 7) is 2.17. The molecular formula is C21H28N4O. The highest BCUT2D eigenvalue weighted by Gasteiger charge is 2.24. The maximum atomic E-state index is 12.5. The molecule has 1 aromatic carbocycles.